The summed E-state index contributed by atoms with van der Waals surface area (Å²) in [4.78, 5) is 0. The first-order chi connectivity index (χ1) is 30.3. The van der Waals surface area contributed by atoms with E-state index < -0.39 is 5.41 Å². The first-order valence-corrected chi connectivity index (χ1v) is 21.4. The largest absolute Gasteiger partial charge is 0.0731 e. The summed E-state index contributed by atoms with van der Waals surface area (Å²) in [5, 5.41) is 15.3. The minimum absolute atomic E-state index is 0.480. The molecule has 0 amide bonds. The summed E-state index contributed by atoms with van der Waals surface area (Å²) in [6.45, 7) is 0. The first kappa shape index (κ1) is 33.1. The summed E-state index contributed by atoms with van der Waals surface area (Å²) in [6, 6.07) is 82.5. The Bertz CT molecular complexity index is 3780. The molecular formula is C61H36. The van der Waals surface area contributed by atoms with Crippen LogP contribution in [-0.4, -0.2) is 0 Å². The molecule has 0 aromatic heterocycles. The molecule has 0 bridgehead atoms. The molecule has 2 aliphatic carbocycles. The molecule has 280 valence electrons. The van der Waals surface area contributed by atoms with Crippen LogP contribution in [0, 0.1) is 0 Å². The Kier molecular flexibility index (Phi) is 6.58. The van der Waals surface area contributed by atoms with Gasteiger partial charge in [-0.05, 0) is 156 Å². The maximum absolute atomic E-state index is 2.52. The highest BCUT2D eigenvalue weighted by Crippen LogP contribution is 2.66. The maximum atomic E-state index is 2.52. The van der Waals surface area contributed by atoms with Gasteiger partial charge in [-0.2, -0.15) is 0 Å². The lowest BCUT2D eigenvalue weighted by Crippen LogP contribution is -2.26. The lowest BCUT2D eigenvalue weighted by Gasteiger charge is -2.32. The van der Waals surface area contributed by atoms with Gasteiger partial charge in [-0.3, -0.25) is 0 Å². The van der Waals surface area contributed by atoms with Crippen LogP contribution in [0.5, 0.6) is 0 Å². The van der Waals surface area contributed by atoms with Gasteiger partial charge in [-0.1, -0.05) is 194 Å². The maximum Gasteiger partial charge on any atom is 0.0731 e. The fraction of sp³-hybridized carbons (Fsp3) is 0.0164. The average Bonchev–Trinajstić information content (AvgIpc) is 3.79. The topological polar surface area (TPSA) is 0 Å². The third-order valence-electron chi connectivity index (χ3n) is 14.2. The van der Waals surface area contributed by atoms with Crippen LogP contribution < -0.4 is 0 Å². The molecule has 0 heterocycles. The quantitative estimate of drug-likeness (QED) is 0.121. The Morgan fingerprint density at radius 3 is 1.28 bits per heavy atom. The first-order valence-electron chi connectivity index (χ1n) is 21.4. The Labute approximate surface area is 353 Å². The van der Waals surface area contributed by atoms with Crippen LogP contribution in [0.25, 0.3) is 109 Å². The number of fused-ring (bicyclic) bond motifs is 19. The summed E-state index contributed by atoms with van der Waals surface area (Å²) in [6.07, 6.45) is 0. The van der Waals surface area contributed by atoms with E-state index in [1.807, 2.05) is 0 Å². The fourth-order valence-electron chi connectivity index (χ4n) is 11.8. The molecule has 0 saturated carbocycles. The van der Waals surface area contributed by atoms with Gasteiger partial charge in [0.2, 0.25) is 0 Å². The van der Waals surface area contributed by atoms with Crippen molar-refractivity contribution in [3.8, 4) is 44.5 Å². The van der Waals surface area contributed by atoms with E-state index >= 15 is 0 Å². The van der Waals surface area contributed by atoms with Gasteiger partial charge in [-0.15, -0.1) is 0 Å². The number of rotatable bonds is 2. The molecule has 12 aromatic rings. The van der Waals surface area contributed by atoms with Crippen LogP contribution in [0.1, 0.15) is 22.3 Å². The molecule has 0 saturated heterocycles. The molecule has 14 rings (SSSR count). The molecule has 0 unspecified atom stereocenters. The van der Waals surface area contributed by atoms with Crippen molar-refractivity contribution in [1.82, 2.24) is 0 Å². The monoisotopic (exact) mass is 768 g/mol. The van der Waals surface area contributed by atoms with Crippen molar-refractivity contribution >= 4 is 64.6 Å². The smallest absolute Gasteiger partial charge is 0.0619 e. The molecule has 0 atom stereocenters. The Balaban J connectivity index is 1.12. The van der Waals surface area contributed by atoms with Crippen LogP contribution in [-0.2, 0) is 5.41 Å². The molecule has 0 heteroatoms. The minimum atomic E-state index is -0.480. The third-order valence-corrected chi connectivity index (χ3v) is 14.2. The average molecular weight is 769 g/mol. The Morgan fingerprint density at radius 1 is 0.230 bits per heavy atom. The Hall–Kier alpha value is -7.80. The van der Waals surface area contributed by atoms with Crippen molar-refractivity contribution in [3.63, 3.8) is 0 Å². The molecule has 2 aliphatic rings. The van der Waals surface area contributed by atoms with E-state index in [0.29, 0.717) is 0 Å². The van der Waals surface area contributed by atoms with Crippen LogP contribution >= 0.6 is 0 Å². The van der Waals surface area contributed by atoms with Crippen molar-refractivity contribution in [2.24, 2.45) is 0 Å². The molecule has 0 nitrogen and oxygen atoms in total. The van der Waals surface area contributed by atoms with Gasteiger partial charge in [0.15, 0.2) is 0 Å². The van der Waals surface area contributed by atoms with Gasteiger partial charge in [0.25, 0.3) is 0 Å². The predicted molar refractivity (Wildman–Crippen MR) is 259 cm³/mol. The normalized spacial score (nSPS) is 13.4. The zero-order valence-corrected chi connectivity index (χ0v) is 33.3. The lowest BCUT2D eigenvalue weighted by atomic mass is 9.69. The number of hydrogen-bond donors (Lipinski definition) is 0. The summed E-state index contributed by atoms with van der Waals surface area (Å²) in [5.74, 6) is 0. The summed E-state index contributed by atoms with van der Waals surface area (Å²) in [7, 11) is 0. The number of hydrogen-bond acceptors (Lipinski definition) is 0. The molecule has 61 heavy (non-hydrogen) atoms. The Morgan fingerprint density at radius 2 is 0.672 bits per heavy atom. The summed E-state index contributed by atoms with van der Waals surface area (Å²) >= 11 is 0. The molecule has 0 fully saturated rings. The van der Waals surface area contributed by atoms with Gasteiger partial charge in [0.1, 0.15) is 0 Å². The molecule has 1 spiro atoms. The van der Waals surface area contributed by atoms with Crippen molar-refractivity contribution in [2.45, 2.75) is 5.41 Å². The van der Waals surface area contributed by atoms with E-state index in [-0.39, 0.29) is 0 Å². The van der Waals surface area contributed by atoms with Crippen molar-refractivity contribution in [1.29, 1.82) is 0 Å². The van der Waals surface area contributed by atoms with Crippen LogP contribution in [0.15, 0.2) is 218 Å². The highest BCUT2D eigenvalue weighted by Gasteiger charge is 2.53. The van der Waals surface area contributed by atoms with Gasteiger partial charge < -0.3 is 0 Å². The van der Waals surface area contributed by atoms with E-state index in [0.717, 1.165) is 0 Å². The zero-order chi connectivity index (χ0) is 39.8. The zero-order valence-electron chi connectivity index (χ0n) is 33.3. The molecule has 0 N–H and O–H groups in total. The second-order valence-electron chi connectivity index (χ2n) is 17.0. The molecule has 0 aliphatic heterocycles. The van der Waals surface area contributed by atoms with Crippen molar-refractivity contribution in [2.75, 3.05) is 0 Å². The van der Waals surface area contributed by atoms with Crippen LogP contribution in [0.2, 0.25) is 0 Å². The van der Waals surface area contributed by atoms with Gasteiger partial charge in [0, 0.05) is 0 Å². The second kappa shape index (κ2) is 12.1. The highest BCUT2D eigenvalue weighted by molar-refractivity contribution is 6.25. The van der Waals surface area contributed by atoms with Crippen molar-refractivity contribution < 1.29 is 0 Å². The predicted octanol–water partition coefficient (Wildman–Crippen LogP) is 16.3. The van der Waals surface area contributed by atoms with E-state index in [2.05, 4.69) is 218 Å². The summed E-state index contributed by atoms with van der Waals surface area (Å²) < 4.78 is 0. The standard InChI is InChI=1S/C61H36/c1-2-16-38-33-41(30-29-37(38)15-1)57-47-23-7-9-25-49(47)58(50-26-10-8-24-48(50)57)42-31-32-51-52(35-42)43-19-5-6-22-46(43)59-53-34-39-17-3-4-18-40(39)36-56(53)61(60(51)59)54-27-13-11-20-44(54)45-21-12-14-28-55(45)61/h1-36H. The third kappa shape index (κ3) is 4.29. The van der Waals surface area contributed by atoms with E-state index in [1.54, 1.807) is 0 Å². The number of benzene rings is 12. The van der Waals surface area contributed by atoms with E-state index in [4.69, 9.17) is 0 Å². The molecule has 12 aromatic carbocycles. The van der Waals surface area contributed by atoms with Gasteiger partial charge >= 0.3 is 0 Å². The van der Waals surface area contributed by atoms with Crippen LogP contribution in [0.4, 0.5) is 0 Å². The molecular weight excluding hydrogens is 733 g/mol. The second-order valence-corrected chi connectivity index (χ2v) is 17.0. The van der Waals surface area contributed by atoms with Gasteiger partial charge in [0.05, 0.1) is 5.41 Å². The van der Waals surface area contributed by atoms with E-state index in [9.17, 15) is 0 Å². The van der Waals surface area contributed by atoms with Crippen LogP contribution in [0.3, 0.4) is 0 Å². The lowest BCUT2D eigenvalue weighted by molar-refractivity contribution is 0.803. The fourth-order valence-corrected chi connectivity index (χ4v) is 11.8. The highest BCUT2D eigenvalue weighted by atomic mass is 14.5. The van der Waals surface area contributed by atoms with Gasteiger partial charge in [-0.25, -0.2) is 0 Å². The molecule has 0 radical (unpaired) electrons. The van der Waals surface area contributed by atoms with Crippen molar-refractivity contribution in [3.05, 3.63) is 241 Å². The summed E-state index contributed by atoms with van der Waals surface area (Å²) in [5.41, 5.74) is 15.4. The minimum Gasteiger partial charge on any atom is -0.0619 e. The SMILES string of the molecule is c1ccc2c(c1)-c1ccccc1C21c2cc3ccccc3cc2-c2c1c1ccc(-c3c4ccccc4c(-c4ccc5ccccc5c4)c4ccccc34)cc1c1ccccc21. The van der Waals surface area contributed by atoms with E-state index in [1.165, 1.54) is 131 Å².